The second-order valence-corrected chi connectivity index (χ2v) is 7.05. The van der Waals surface area contributed by atoms with E-state index in [4.69, 9.17) is 11.6 Å². The third-order valence-corrected chi connectivity index (χ3v) is 4.69. The maximum absolute atomic E-state index is 11.1. The van der Waals surface area contributed by atoms with Crippen LogP contribution in [-0.4, -0.2) is 28.2 Å². The number of halogens is 1. The zero-order valence-corrected chi connectivity index (χ0v) is 14.3. The van der Waals surface area contributed by atoms with Crippen molar-refractivity contribution in [3.8, 4) is 11.1 Å². The van der Waals surface area contributed by atoms with Gasteiger partial charge in [0.05, 0.1) is 0 Å². The summed E-state index contributed by atoms with van der Waals surface area (Å²) in [4.78, 5) is 19.3. The van der Waals surface area contributed by atoms with Gasteiger partial charge in [0.2, 0.25) is 6.04 Å². The van der Waals surface area contributed by atoms with Crippen LogP contribution in [0.25, 0.3) is 11.1 Å². The fraction of sp³-hybridized carbons (Fsp3) is 0.333. The number of rotatable bonds is 3. The highest BCUT2D eigenvalue weighted by Crippen LogP contribution is 2.35. The first kappa shape index (κ1) is 16.6. The largest absolute Gasteiger partial charge is 0.281 e. The quantitative estimate of drug-likeness (QED) is 0.617. The lowest BCUT2D eigenvalue weighted by atomic mass is 9.76. The van der Waals surface area contributed by atoms with Gasteiger partial charge in [0.1, 0.15) is 6.54 Å². The van der Waals surface area contributed by atoms with E-state index in [1.807, 2.05) is 44.2 Å². The fourth-order valence-corrected chi connectivity index (χ4v) is 3.50. The number of pyridine rings is 1. The zero-order valence-electron chi connectivity index (χ0n) is 13.6. The molecule has 124 valence electrons. The normalized spacial score (nSPS) is 19.6. The summed E-state index contributed by atoms with van der Waals surface area (Å²) >= 11 is 6.47. The molecule has 0 spiro atoms. The van der Waals surface area contributed by atoms with Crippen LogP contribution in [0.1, 0.15) is 25.8 Å². The first-order valence-electron chi connectivity index (χ1n) is 7.77. The lowest BCUT2D eigenvalue weighted by Gasteiger charge is -2.32. The van der Waals surface area contributed by atoms with Crippen LogP contribution in [-0.2, 0) is 0 Å². The van der Waals surface area contributed by atoms with Crippen molar-refractivity contribution in [1.82, 2.24) is 4.98 Å². The molecule has 5 nitrogen and oxygen atoms in total. The highest BCUT2D eigenvalue weighted by molar-refractivity contribution is 6.33. The summed E-state index contributed by atoms with van der Waals surface area (Å²) in [6, 6.07) is 9.04. The number of aliphatic imine (C=N–C) groups is 1. The van der Waals surface area contributed by atoms with Crippen molar-refractivity contribution in [3.63, 3.8) is 0 Å². The van der Waals surface area contributed by atoms with Gasteiger partial charge < -0.3 is 0 Å². The van der Waals surface area contributed by atoms with Gasteiger partial charge in [0.25, 0.3) is 0 Å². The van der Waals surface area contributed by atoms with Crippen LogP contribution >= 0.6 is 11.6 Å². The third-order valence-electron chi connectivity index (χ3n) is 4.38. The van der Waals surface area contributed by atoms with Crippen LogP contribution < -0.4 is 0 Å². The minimum absolute atomic E-state index is 0.218. The second kappa shape index (κ2) is 6.32. The molecule has 1 aromatic carbocycles. The molecule has 6 heteroatoms. The van der Waals surface area contributed by atoms with E-state index in [-0.39, 0.29) is 16.9 Å². The van der Waals surface area contributed by atoms with E-state index in [0.29, 0.717) is 11.4 Å². The van der Waals surface area contributed by atoms with E-state index in [1.165, 1.54) is 0 Å². The monoisotopic (exact) mass is 343 g/mol. The van der Waals surface area contributed by atoms with Crippen LogP contribution in [0.15, 0.2) is 47.7 Å². The maximum atomic E-state index is 11.1. The van der Waals surface area contributed by atoms with Gasteiger partial charge in [-0.2, -0.15) is 0 Å². The summed E-state index contributed by atoms with van der Waals surface area (Å²) in [6.07, 6.45) is 3.93. The summed E-state index contributed by atoms with van der Waals surface area (Å²) in [5.74, 6) is 0. The molecule has 24 heavy (non-hydrogen) atoms. The maximum Gasteiger partial charge on any atom is 0.233 e. The molecular weight excluding hydrogens is 326 g/mol. The molecule has 1 atom stereocenters. The van der Waals surface area contributed by atoms with Crippen molar-refractivity contribution in [2.24, 2.45) is 10.4 Å². The molecular formula is C18H18ClN3O2. The zero-order chi connectivity index (χ0) is 17.3. The highest BCUT2D eigenvalue weighted by Gasteiger charge is 2.38. The van der Waals surface area contributed by atoms with E-state index < -0.39 is 6.04 Å². The van der Waals surface area contributed by atoms with Crippen molar-refractivity contribution in [1.29, 1.82) is 0 Å². The van der Waals surface area contributed by atoms with Gasteiger partial charge in [-0.25, -0.2) is 0 Å². The fourth-order valence-electron chi connectivity index (χ4n) is 3.21. The molecule has 3 rings (SSSR count). The summed E-state index contributed by atoms with van der Waals surface area (Å²) in [5.41, 5.74) is 3.37. The summed E-state index contributed by atoms with van der Waals surface area (Å²) in [6.45, 7) is 4.20. The Bertz CT molecular complexity index is 803. The first-order chi connectivity index (χ1) is 11.4. The number of hydrogen-bond acceptors (Lipinski definition) is 4. The van der Waals surface area contributed by atoms with Gasteiger partial charge >= 0.3 is 0 Å². The van der Waals surface area contributed by atoms with E-state index in [1.54, 1.807) is 12.4 Å². The molecule has 1 aliphatic rings. The molecule has 2 heterocycles. The number of nitrogens with zero attached hydrogens (tertiary/aromatic N) is 3. The van der Waals surface area contributed by atoms with Crippen LogP contribution in [0.5, 0.6) is 0 Å². The average Bonchev–Trinajstić information content (AvgIpc) is 2.54. The third kappa shape index (κ3) is 3.17. The average molecular weight is 344 g/mol. The second-order valence-electron chi connectivity index (χ2n) is 6.65. The van der Waals surface area contributed by atoms with Gasteiger partial charge in [-0.1, -0.05) is 37.6 Å². The van der Waals surface area contributed by atoms with E-state index >= 15 is 0 Å². The Morgan fingerprint density at radius 1 is 1.21 bits per heavy atom. The highest BCUT2D eigenvalue weighted by atomic mass is 35.5. The van der Waals surface area contributed by atoms with Crippen molar-refractivity contribution >= 4 is 17.3 Å². The Morgan fingerprint density at radius 3 is 2.50 bits per heavy atom. The lowest BCUT2D eigenvalue weighted by molar-refractivity contribution is -0.522. The van der Waals surface area contributed by atoms with Crippen molar-refractivity contribution < 1.29 is 4.92 Å². The molecule has 1 aromatic heterocycles. The van der Waals surface area contributed by atoms with Crippen LogP contribution in [0, 0.1) is 15.5 Å². The molecule has 0 bridgehead atoms. The number of aromatic nitrogens is 1. The molecule has 1 aliphatic heterocycles. The Kier molecular flexibility index (Phi) is 4.37. The van der Waals surface area contributed by atoms with Crippen LogP contribution in [0.4, 0.5) is 0 Å². The van der Waals surface area contributed by atoms with E-state index in [9.17, 15) is 10.1 Å². The predicted molar refractivity (Wildman–Crippen MR) is 95.3 cm³/mol. The molecule has 0 N–H and O–H groups in total. The summed E-state index contributed by atoms with van der Waals surface area (Å²) in [7, 11) is 0. The topological polar surface area (TPSA) is 68.4 Å². The van der Waals surface area contributed by atoms with Crippen LogP contribution in [0.2, 0.25) is 5.02 Å². The minimum atomic E-state index is -0.615. The smallest absolute Gasteiger partial charge is 0.233 e. The number of benzene rings is 1. The van der Waals surface area contributed by atoms with Gasteiger partial charge in [0.15, 0.2) is 0 Å². The summed E-state index contributed by atoms with van der Waals surface area (Å²) in [5, 5.41) is 11.7. The lowest BCUT2D eigenvalue weighted by Crippen LogP contribution is -2.39. The van der Waals surface area contributed by atoms with Gasteiger partial charge in [-0.05, 0) is 29.3 Å². The molecule has 0 amide bonds. The Hall–Kier alpha value is -2.27. The van der Waals surface area contributed by atoms with Gasteiger partial charge in [-0.3, -0.25) is 20.1 Å². The standard InChI is InChI=1S/C18H18ClN3O2/c1-18(2)10-14(22(23)24)11-21-17(18)13-3-4-15(16(19)9-13)12-5-7-20-8-6-12/h3-9,14H,10-11H2,1-2H3. The predicted octanol–water partition coefficient (Wildman–Crippen LogP) is 4.27. The molecule has 0 radical (unpaired) electrons. The Balaban J connectivity index is 1.96. The summed E-state index contributed by atoms with van der Waals surface area (Å²) < 4.78 is 0. The molecule has 0 saturated heterocycles. The van der Waals surface area contributed by atoms with Crippen molar-refractivity contribution in [2.45, 2.75) is 26.3 Å². The Morgan fingerprint density at radius 2 is 1.92 bits per heavy atom. The number of nitro groups is 1. The molecule has 0 fully saturated rings. The van der Waals surface area contributed by atoms with Crippen LogP contribution in [0.3, 0.4) is 0 Å². The molecule has 1 unspecified atom stereocenters. The van der Waals surface area contributed by atoms with Gasteiger partial charge in [0, 0.05) is 45.5 Å². The van der Waals surface area contributed by atoms with Crippen molar-refractivity contribution in [2.75, 3.05) is 6.54 Å². The molecule has 0 aliphatic carbocycles. The first-order valence-corrected chi connectivity index (χ1v) is 8.15. The van der Waals surface area contributed by atoms with E-state index in [0.717, 1.165) is 22.4 Å². The van der Waals surface area contributed by atoms with Gasteiger partial charge in [-0.15, -0.1) is 0 Å². The van der Waals surface area contributed by atoms with Crippen molar-refractivity contribution in [3.05, 3.63) is 63.4 Å². The number of hydrogen-bond donors (Lipinski definition) is 0. The Labute approximate surface area is 145 Å². The SMILES string of the molecule is CC1(C)CC([N+](=O)[O-])CN=C1c1ccc(-c2ccncc2)c(Cl)c1. The van der Waals surface area contributed by atoms with E-state index in [2.05, 4.69) is 9.98 Å². The molecule has 0 saturated carbocycles. The molecule has 2 aromatic rings. The minimum Gasteiger partial charge on any atom is -0.281 e.